The lowest BCUT2D eigenvalue weighted by Crippen LogP contribution is -2.44. The smallest absolute Gasteiger partial charge is 0.338 e. The van der Waals surface area contributed by atoms with E-state index in [-0.39, 0.29) is 17.4 Å². The molecule has 1 N–H and O–H groups in total. The third kappa shape index (κ3) is 3.24. The minimum Gasteiger partial charge on any atom is -0.467 e. The molecule has 1 aliphatic carbocycles. The highest BCUT2D eigenvalue weighted by Gasteiger charge is 2.44. The molecule has 9 heteroatoms. The van der Waals surface area contributed by atoms with Crippen LogP contribution in [0.1, 0.15) is 37.4 Å². The van der Waals surface area contributed by atoms with Gasteiger partial charge in [0, 0.05) is 20.1 Å². The molecule has 0 atom stereocenters. The van der Waals surface area contributed by atoms with E-state index in [2.05, 4.69) is 15.1 Å². The predicted octanol–water partition coefficient (Wildman–Crippen LogP) is 0.982. The summed E-state index contributed by atoms with van der Waals surface area (Å²) in [6.45, 7) is 1.01. The van der Waals surface area contributed by atoms with Gasteiger partial charge in [-0.25, -0.2) is 14.5 Å². The van der Waals surface area contributed by atoms with E-state index in [9.17, 15) is 9.59 Å². The first-order chi connectivity index (χ1) is 12.5. The number of rotatable bonds is 6. The highest BCUT2D eigenvalue weighted by atomic mass is 16.6. The van der Waals surface area contributed by atoms with E-state index in [0.29, 0.717) is 55.7 Å². The topological polar surface area (TPSA) is 108 Å². The molecule has 9 nitrogen and oxygen atoms in total. The molecule has 1 aliphatic rings. The Morgan fingerprint density at radius 2 is 2.08 bits per heavy atom. The number of H-pyrrole nitrogens is 1. The van der Waals surface area contributed by atoms with Gasteiger partial charge in [-0.2, -0.15) is 5.10 Å². The van der Waals surface area contributed by atoms with Crippen molar-refractivity contribution >= 4 is 17.0 Å². The van der Waals surface area contributed by atoms with Gasteiger partial charge in [-0.15, -0.1) is 0 Å². The van der Waals surface area contributed by atoms with Crippen LogP contribution in [0.3, 0.4) is 0 Å². The monoisotopic (exact) mass is 364 g/mol. The van der Waals surface area contributed by atoms with Crippen LogP contribution in [0.25, 0.3) is 11.0 Å². The molecule has 0 amide bonds. The van der Waals surface area contributed by atoms with Gasteiger partial charge in [0.2, 0.25) is 0 Å². The SMILES string of the molecule is COCCn1ncc2c(=O)[nH]c(C3CCC(OC)(C(=O)OC)CC3)nc21. The Bertz CT molecular complexity index is 835. The summed E-state index contributed by atoms with van der Waals surface area (Å²) in [5, 5.41) is 4.68. The lowest BCUT2D eigenvalue weighted by Gasteiger charge is -2.36. The normalized spacial score (nSPS) is 23.3. The van der Waals surface area contributed by atoms with E-state index in [4.69, 9.17) is 14.2 Å². The number of hydrogen-bond acceptors (Lipinski definition) is 7. The number of methoxy groups -OCH3 is 3. The Labute approximate surface area is 150 Å². The minimum absolute atomic E-state index is 0.0470. The van der Waals surface area contributed by atoms with Gasteiger partial charge in [0.15, 0.2) is 11.2 Å². The average Bonchev–Trinajstić information content (AvgIpc) is 3.09. The Hall–Kier alpha value is -2.26. The number of carbonyl (C=O) groups excluding carboxylic acids is 1. The van der Waals surface area contributed by atoms with Gasteiger partial charge in [0.1, 0.15) is 11.2 Å². The zero-order chi connectivity index (χ0) is 18.7. The van der Waals surface area contributed by atoms with Gasteiger partial charge in [0.25, 0.3) is 5.56 Å². The molecule has 1 fully saturated rings. The Morgan fingerprint density at radius 3 is 2.69 bits per heavy atom. The molecule has 0 saturated heterocycles. The van der Waals surface area contributed by atoms with Gasteiger partial charge < -0.3 is 19.2 Å². The number of ether oxygens (including phenoxy) is 3. The van der Waals surface area contributed by atoms with Gasteiger partial charge in [-0.1, -0.05) is 0 Å². The Balaban J connectivity index is 1.85. The molecular weight excluding hydrogens is 340 g/mol. The van der Waals surface area contributed by atoms with Crippen LogP contribution in [0, 0.1) is 0 Å². The van der Waals surface area contributed by atoms with Crippen LogP contribution in [0.15, 0.2) is 11.0 Å². The van der Waals surface area contributed by atoms with Crippen LogP contribution < -0.4 is 5.56 Å². The molecule has 2 aromatic rings. The van der Waals surface area contributed by atoms with Crippen LogP contribution in [0.5, 0.6) is 0 Å². The molecule has 0 aromatic carbocycles. The van der Waals surface area contributed by atoms with E-state index in [1.165, 1.54) is 20.4 Å². The van der Waals surface area contributed by atoms with Gasteiger partial charge in [-0.05, 0) is 25.7 Å². The molecule has 26 heavy (non-hydrogen) atoms. The third-order valence-electron chi connectivity index (χ3n) is 5.16. The van der Waals surface area contributed by atoms with Crippen molar-refractivity contribution in [2.75, 3.05) is 27.9 Å². The molecule has 0 bridgehead atoms. The summed E-state index contributed by atoms with van der Waals surface area (Å²) in [6, 6.07) is 0. The van der Waals surface area contributed by atoms with E-state index < -0.39 is 5.60 Å². The quantitative estimate of drug-likeness (QED) is 0.761. The zero-order valence-corrected chi connectivity index (χ0v) is 15.3. The lowest BCUT2D eigenvalue weighted by atomic mass is 9.78. The summed E-state index contributed by atoms with van der Waals surface area (Å²) >= 11 is 0. The van der Waals surface area contributed by atoms with Crippen LogP contribution in [0.2, 0.25) is 0 Å². The molecule has 2 heterocycles. The fourth-order valence-corrected chi connectivity index (χ4v) is 3.55. The number of hydrogen-bond donors (Lipinski definition) is 1. The molecular formula is C17H24N4O5. The van der Waals surface area contributed by atoms with Crippen LogP contribution in [0.4, 0.5) is 0 Å². The number of aromatic nitrogens is 4. The maximum atomic E-state index is 12.4. The molecule has 0 aliphatic heterocycles. The number of carbonyl (C=O) groups is 1. The van der Waals surface area contributed by atoms with E-state index in [0.717, 1.165) is 0 Å². The minimum atomic E-state index is -0.907. The predicted molar refractivity (Wildman–Crippen MR) is 93.0 cm³/mol. The maximum Gasteiger partial charge on any atom is 0.338 e. The van der Waals surface area contributed by atoms with Crippen molar-refractivity contribution in [2.24, 2.45) is 0 Å². The third-order valence-corrected chi connectivity index (χ3v) is 5.16. The molecule has 1 saturated carbocycles. The summed E-state index contributed by atoms with van der Waals surface area (Å²) in [7, 11) is 4.50. The van der Waals surface area contributed by atoms with Crippen molar-refractivity contribution in [3.8, 4) is 0 Å². The Kier molecular flexibility index (Phi) is 5.38. The largest absolute Gasteiger partial charge is 0.467 e. The molecule has 3 rings (SSSR count). The number of nitrogens with one attached hydrogen (secondary N) is 1. The summed E-state index contributed by atoms with van der Waals surface area (Å²) in [4.78, 5) is 32.0. The van der Waals surface area contributed by atoms with Crippen molar-refractivity contribution in [2.45, 2.75) is 43.7 Å². The summed E-state index contributed by atoms with van der Waals surface area (Å²) < 4.78 is 17.1. The fraction of sp³-hybridized carbons (Fsp3) is 0.647. The Morgan fingerprint density at radius 1 is 1.35 bits per heavy atom. The van der Waals surface area contributed by atoms with Gasteiger partial charge >= 0.3 is 5.97 Å². The first-order valence-corrected chi connectivity index (χ1v) is 8.63. The molecule has 142 valence electrons. The first kappa shape index (κ1) is 18.5. The van der Waals surface area contributed by atoms with E-state index >= 15 is 0 Å². The lowest BCUT2D eigenvalue weighted by molar-refractivity contribution is -0.170. The van der Waals surface area contributed by atoms with Crippen molar-refractivity contribution in [3.05, 3.63) is 22.4 Å². The maximum absolute atomic E-state index is 12.4. The molecule has 0 radical (unpaired) electrons. The molecule has 0 unspecified atom stereocenters. The van der Waals surface area contributed by atoms with Gasteiger partial charge in [0.05, 0.1) is 26.5 Å². The average molecular weight is 364 g/mol. The molecule has 2 aromatic heterocycles. The number of esters is 1. The summed E-state index contributed by atoms with van der Waals surface area (Å²) in [5.41, 5.74) is -0.557. The van der Waals surface area contributed by atoms with Crippen LogP contribution in [-0.2, 0) is 25.5 Å². The second-order valence-electron chi connectivity index (χ2n) is 6.51. The first-order valence-electron chi connectivity index (χ1n) is 8.63. The van der Waals surface area contributed by atoms with Crippen molar-refractivity contribution in [1.82, 2.24) is 19.7 Å². The number of nitrogens with zero attached hydrogens (tertiary/aromatic N) is 3. The van der Waals surface area contributed by atoms with Crippen LogP contribution >= 0.6 is 0 Å². The fourth-order valence-electron chi connectivity index (χ4n) is 3.55. The zero-order valence-electron chi connectivity index (χ0n) is 15.3. The van der Waals surface area contributed by atoms with Crippen molar-refractivity contribution < 1.29 is 19.0 Å². The van der Waals surface area contributed by atoms with Crippen LogP contribution in [-0.4, -0.2) is 59.3 Å². The standard InChI is InChI=1S/C17H24N4O5/c1-24-9-8-21-14-12(10-18-21)15(22)20-13(19-14)11-4-6-17(26-3,7-5-11)16(23)25-2/h10-11H,4-9H2,1-3H3,(H,19,20,22). The van der Waals surface area contributed by atoms with Crippen molar-refractivity contribution in [1.29, 1.82) is 0 Å². The van der Waals surface area contributed by atoms with Crippen molar-refractivity contribution in [3.63, 3.8) is 0 Å². The van der Waals surface area contributed by atoms with E-state index in [1.807, 2.05) is 0 Å². The second kappa shape index (κ2) is 7.55. The van der Waals surface area contributed by atoms with Gasteiger partial charge in [-0.3, -0.25) is 4.79 Å². The second-order valence-corrected chi connectivity index (χ2v) is 6.51. The number of fused-ring (bicyclic) bond motifs is 1. The highest BCUT2D eigenvalue weighted by molar-refractivity contribution is 5.79. The van der Waals surface area contributed by atoms with E-state index in [1.54, 1.807) is 11.8 Å². The summed E-state index contributed by atoms with van der Waals surface area (Å²) in [6.07, 6.45) is 3.90. The highest BCUT2D eigenvalue weighted by Crippen LogP contribution is 2.39. The molecule has 0 spiro atoms. The summed E-state index contributed by atoms with van der Waals surface area (Å²) in [5.74, 6) is 0.315. The number of aromatic amines is 1.